The number of aliphatic hydroxyl groups is 1. The number of aliphatic hydroxyl groups excluding tert-OH is 1. The standard InChI is InChI=1S/C17H21NO2/c1-20-17-10-8-15(9-11-17)14-18(12-5-13-19)16-6-3-2-4-7-16/h2-4,6-11,19H,5,12-14H2,1H3. The zero-order chi connectivity index (χ0) is 14.2. The maximum atomic E-state index is 9.05. The minimum Gasteiger partial charge on any atom is -0.497 e. The third-order valence-corrected chi connectivity index (χ3v) is 3.24. The van der Waals surface area contributed by atoms with Crippen molar-refractivity contribution in [2.24, 2.45) is 0 Å². The zero-order valence-corrected chi connectivity index (χ0v) is 11.8. The van der Waals surface area contributed by atoms with E-state index < -0.39 is 0 Å². The molecule has 0 spiro atoms. The van der Waals surface area contributed by atoms with Crippen molar-refractivity contribution in [3.05, 3.63) is 60.2 Å². The molecule has 2 aromatic carbocycles. The van der Waals surface area contributed by atoms with Gasteiger partial charge in [-0.3, -0.25) is 0 Å². The Balaban J connectivity index is 2.10. The van der Waals surface area contributed by atoms with Gasteiger partial charge in [-0.15, -0.1) is 0 Å². The van der Waals surface area contributed by atoms with Gasteiger partial charge in [-0.2, -0.15) is 0 Å². The Hall–Kier alpha value is -2.00. The van der Waals surface area contributed by atoms with E-state index in [1.165, 1.54) is 11.3 Å². The highest BCUT2D eigenvalue weighted by Crippen LogP contribution is 2.19. The summed E-state index contributed by atoms with van der Waals surface area (Å²) in [5.41, 5.74) is 2.41. The molecule has 0 atom stereocenters. The van der Waals surface area contributed by atoms with Crippen molar-refractivity contribution in [2.45, 2.75) is 13.0 Å². The monoisotopic (exact) mass is 271 g/mol. The lowest BCUT2D eigenvalue weighted by Crippen LogP contribution is -2.24. The first-order chi connectivity index (χ1) is 9.83. The molecule has 0 bridgehead atoms. The fourth-order valence-electron chi connectivity index (χ4n) is 2.15. The summed E-state index contributed by atoms with van der Waals surface area (Å²) in [6, 6.07) is 18.4. The largest absolute Gasteiger partial charge is 0.497 e. The Morgan fingerprint density at radius 1 is 1.00 bits per heavy atom. The Morgan fingerprint density at radius 2 is 1.70 bits per heavy atom. The molecule has 0 radical (unpaired) electrons. The first-order valence-corrected chi connectivity index (χ1v) is 6.87. The summed E-state index contributed by atoms with van der Waals surface area (Å²) in [5.74, 6) is 0.871. The van der Waals surface area contributed by atoms with Crippen molar-refractivity contribution >= 4 is 5.69 Å². The first-order valence-electron chi connectivity index (χ1n) is 6.87. The van der Waals surface area contributed by atoms with Crippen LogP contribution in [0.3, 0.4) is 0 Å². The molecule has 0 fully saturated rings. The third kappa shape index (κ3) is 4.00. The third-order valence-electron chi connectivity index (χ3n) is 3.24. The Morgan fingerprint density at radius 3 is 2.30 bits per heavy atom. The van der Waals surface area contributed by atoms with E-state index in [1.807, 2.05) is 30.3 Å². The molecule has 2 aromatic rings. The van der Waals surface area contributed by atoms with Crippen molar-refractivity contribution in [3.8, 4) is 5.75 Å². The van der Waals surface area contributed by atoms with Gasteiger partial charge in [-0.05, 0) is 36.2 Å². The van der Waals surface area contributed by atoms with Crippen LogP contribution in [0.2, 0.25) is 0 Å². The summed E-state index contributed by atoms with van der Waals surface area (Å²) in [6.45, 7) is 1.88. The Labute approximate surface area is 120 Å². The predicted octanol–water partition coefficient (Wildman–Crippen LogP) is 3.08. The average molecular weight is 271 g/mol. The van der Waals surface area contributed by atoms with Crippen molar-refractivity contribution in [1.82, 2.24) is 0 Å². The molecule has 0 amide bonds. The summed E-state index contributed by atoms with van der Waals surface area (Å²) in [7, 11) is 1.67. The molecular formula is C17H21NO2. The lowest BCUT2D eigenvalue weighted by molar-refractivity contribution is 0.289. The van der Waals surface area contributed by atoms with Crippen molar-refractivity contribution < 1.29 is 9.84 Å². The SMILES string of the molecule is COc1ccc(CN(CCCO)c2ccccc2)cc1. The number of hydrogen-bond donors (Lipinski definition) is 1. The van der Waals surface area contributed by atoms with E-state index in [2.05, 4.69) is 29.2 Å². The summed E-state index contributed by atoms with van der Waals surface area (Å²) in [6.07, 6.45) is 0.769. The number of methoxy groups -OCH3 is 1. The second kappa shape index (κ2) is 7.56. The van der Waals surface area contributed by atoms with Gasteiger partial charge < -0.3 is 14.7 Å². The molecule has 106 valence electrons. The van der Waals surface area contributed by atoms with Crippen molar-refractivity contribution in [1.29, 1.82) is 0 Å². The van der Waals surface area contributed by atoms with E-state index in [4.69, 9.17) is 9.84 Å². The fraction of sp³-hybridized carbons (Fsp3) is 0.294. The molecule has 3 heteroatoms. The number of para-hydroxylation sites is 1. The maximum absolute atomic E-state index is 9.05. The van der Waals surface area contributed by atoms with Gasteiger partial charge in [0.25, 0.3) is 0 Å². The quantitative estimate of drug-likeness (QED) is 0.840. The molecule has 3 nitrogen and oxygen atoms in total. The molecule has 0 saturated heterocycles. The van der Waals surface area contributed by atoms with Crippen LogP contribution in [-0.2, 0) is 6.54 Å². The van der Waals surface area contributed by atoms with Gasteiger partial charge in [0.05, 0.1) is 7.11 Å². The molecule has 0 saturated carbocycles. The van der Waals surface area contributed by atoms with E-state index in [1.54, 1.807) is 7.11 Å². The topological polar surface area (TPSA) is 32.7 Å². The normalized spacial score (nSPS) is 10.3. The first kappa shape index (κ1) is 14.4. The lowest BCUT2D eigenvalue weighted by atomic mass is 10.2. The number of benzene rings is 2. The van der Waals surface area contributed by atoms with Gasteiger partial charge in [0.2, 0.25) is 0 Å². The minimum atomic E-state index is 0.214. The van der Waals surface area contributed by atoms with Crippen molar-refractivity contribution in [2.75, 3.05) is 25.2 Å². The number of anilines is 1. The van der Waals surface area contributed by atoms with Crippen LogP contribution in [0.1, 0.15) is 12.0 Å². The summed E-state index contributed by atoms with van der Waals surface area (Å²) >= 11 is 0. The Kier molecular flexibility index (Phi) is 5.44. The molecule has 0 aromatic heterocycles. The zero-order valence-electron chi connectivity index (χ0n) is 11.8. The molecule has 0 aliphatic carbocycles. The van der Waals surface area contributed by atoms with E-state index >= 15 is 0 Å². The molecule has 0 unspecified atom stereocenters. The molecule has 2 rings (SSSR count). The highest BCUT2D eigenvalue weighted by Gasteiger charge is 2.06. The second-order valence-electron chi connectivity index (χ2n) is 4.68. The van der Waals surface area contributed by atoms with Crippen LogP contribution in [0.4, 0.5) is 5.69 Å². The summed E-state index contributed by atoms with van der Waals surface area (Å²) in [5, 5.41) is 9.05. The van der Waals surface area contributed by atoms with Gasteiger partial charge in [0.15, 0.2) is 0 Å². The number of rotatable bonds is 7. The van der Waals surface area contributed by atoms with Crippen LogP contribution in [0.15, 0.2) is 54.6 Å². The molecular weight excluding hydrogens is 250 g/mol. The minimum absolute atomic E-state index is 0.214. The van der Waals surface area contributed by atoms with Gasteiger partial charge >= 0.3 is 0 Å². The smallest absolute Gasteiger partial charge is 0.118 e. The lowest BCUT2D eigenvalue weighted by Gasteiger charge is -2.24. The Bertz CT molecular complexity index is 496. The molecule has 20 heavy (non-hydrogen) atoms. The van der Waals surface area contributed by atoms with Gasteiger partial charge in [0, 0.05) is 25.4 Å². The fourth-order valence-corrected chi connectivity index (χ4v) is 2.15. The molecule has 1 N–H and O–H groups in total. The number of nitrogens with zero attached hydrogens (tertiary/aromatic N) is 1. The van der Waals surface area contributed by atoms with Crippen LogP contribution in [0.5, 0.6) is 5.75 Å². The van der Waals surface area contributed by atoms with Gasteiger partial charge in [-0.1, -0.05) is 30.3 Å². The predicted molar refractivity (Wildman–Crippen MR) is 82.2 cm³/mol. The molecule has 0 aliphatic rings. The van der Waals surface area contributed by atoms with Crippen LogP contribution >= 0.6 is 0 Å². The maximum Gasteiger partial charge on any atom is 0.118 e. The molecule has 0 aliphatic heterocycles. The summed E-state index contributed by atoms with van der Waals surface area (Å²) < 4.78 is 5.18. The second-order valence-corrected chi connectivity index (χ2v) is 4.68. The number of hydrogen-bond acceptors (Lipinski definition) is 3. The van der Waals surface area contributed by atoms with E-state index in [0.29, 0.717) is 0 Å². The number of ether oxygens (including phenoxy) is 1. The summed E-state index contributed by atoms with van der Waals surface area (Å²) in [4.78, 5) is 2.28. The van der Waals surface area contributed by atoms with Crippen molar-refractivity contribution in [3.63, 3.8) is 0 Å². The molecule has 0 heterocycles. The van der Waals surface area contributed by atoms with E-state index in [-0.39, 0.29) is 6.61 Å². The van der Waals surface area contributed by atoms with E-state index in [9.17, 15) is 0 Å². The highest BCUT2D eigenvalue weighted by atomic mass is 16.5. The van der Waals surface area contributed by atoms with Crippen LogP contribution in [0, 0.1) is 0 Å². The average Bonchev–Trinajstić information content (AvgIpc) is 2.53. The van der Waals surface area contributed by atoms with Gasteiger partial charge in [-0.25, -0.2) is 0 Å². The van der Waals surface area contributed by atoms with E-state index in [0.717, 1.165) is 25.3 Å². The van der Waals surface area contributed by atoms with Crippen LogP contribution < -0.4 is 9.64 Å². The highest BCUT2D eigenvalue weighted by molar-refractivity contribution is 5.46. The van der Waals surface area contributed by atoms with Crippen LogP contribution in [-0.4, -0.2) is 25.4 Å². The van der Waals surface area contributed by atoms with Gasteiger partial charge in [0.1, 0.15) is 5.75 Å². The van der Waals surface area contributed by atoms with Crippen LogP contribution in [0.25, 0.3) is 0 Å².